The van der Waals surface area contributed by atoms with Crippen molar-refractivity contribution in [1.82, 2.24) is 15.5 Å². The SMILES string of the molecule is O=C(NC1CC1)[C@H]1CCCN1C(=O)N[C@H]1CCCc2ccc(F)cc21. The Bertz CT molecular complexity index is 689. The second kappa shape index (κ2) is 6.65. The van der Waals surface area contributed by atoms with Gasteiger partial charge in [-0.15, -0.1) is 0 Å². The number of hydrogen-bond donors (Lipinski definition) is 2. The molecule has 4 rings (SSSR count). The molecule has 2 fully saturated rings. The van der Waals surface area contributed by atoms with Crippen LogP contribution in [0.25, 0.3) is 0 Å². The van der Waals surface area contributed by atoms with Gasteiger partial charge in [0, 0.05) is 12.6 Å². The summed E-state index contributed by atoms with van der Waals surface area (Å²) in [7, 11) is 0. The summed E-state index contributed by atoms with van der Waals surface area (Å²) < 4.78 is 13.6. The Morgan fingerprint density at radius 1 is 1.08 bits per heavy atom. The Hall–Kier alpha value is -2.11. The minimum Gasteiger partial charge on any atom is -0.352 e. The lowest BCUT2D eigenvalue weighted by Gasteiger charge is -2.30. The Morgan fingerprint density at radius 2 is 1.92 bits per heavy atom. The topological polar surface area (TPSA) is 61.4 Å². The van der Waals surface area contributed by atoms with E-state index >= 15 is 0 Å². The number of nitrogens with one attached hydrogen (secondary N) is 2. The maximum absolute atomic E-state index is 13.6. The fourth-order valence-corrected chi connectivity index (χ4v) is 3.96. The highest BCUT2D eigenvalue weighted by atomic mass is 19.1. The number of hydrogen-bond acceptors (Lipinski definition) is 2. The summed E-state index contributed by atoms with van der Waals surface area (Å²) in [6.45, 7) is 0.595. The maximum atomic E-state index is 13.6. The molecule has 1 saturated carbocycles. The van der Waals surface area contributed by atoms with Crippen LogP contribution >= 0.6 is 0 Å². The minimum absolute atomic E-state index is 0.0368. The zero-order chi connectivity index (χ0) is 17.4. The Kier molecular flexibility index (Phi) is 4.36. The third-order valence-electron chi connectivity index (χ3n) is 5.46. The number of nitrogens with zero attached hydrogens (tertiary/aromatic N) is 1. The smallest absolute Gasteiger partial charge is 0.318 e. The summed E-state index contributed by atoms with van der Waals surface area (Å²) in [5, 5.41) is 6.04. The van der Waals surface area contributed by atoms with Crippen LogP contribution in [-0.2, 0) is 11.2 Å². The van der Waals surface area contributed by atoms with E-state index in [1.165, 1.54) is 12.1 Å². The molecule has 1 saturated heterocycles. The molecule has 1 aromatic rings. The first kappa shape index (κ1) is 16.4. The standard InChI is InChI=1S/C19H24FN3O2/c20-13-7-6-12-3-1-4-16(15(12)11-13)22-19(25)23-10-2-5-17(23)18(24)21-14-8-9-14/h6-7,11,14,16-17H,1-5,8-10H2,(H,21,24)(H,22,25)/t16-,17+/m0/s1. The maximum Gasteiger partial charge on any atom is 0.318 e. The second-order valence-electron chi connectivity index (χ2n) is 7.37. The van der Waals surface area contributed by atoms with Gasteiger partial charge in [-0.2, -0.15) is 0 Å². The molecular weight excluding hydrogens is 321 g/mol. The molecule has 3 amide bonds. The predicted octanol–water partition coefficient (Wildman–Crippen LogP) is 2.66. The van der Waals surface area contributed by atoms with Gasteiger partial charge < -0.3 is 15.5 Å². The molecule has 0 bridgehead atoms. The lowest BCUT2D eigenvalue weighted by Crippen LogP contribution is -2.50. The quantitative estimate of drug-likeness (QED) is 0.885. The number of fused-ring (bicyclic) bond motifs is 1. The molecule has 0 aromatic heterocycles. The molecule has 5 nitrogen and oxygen atoms in total. The molecule has 1 heterocycles. The summed E-state index contributed by atoms with van der Waals surface area (Å²) in [4.78, 5) is 26.8. The second-order valence-corrected chi connectivity index (χ2v) is 7.37. The van der Waals surface area contributed by atoms with Crippen molar-refractivity contribution in [2.75, 3.05) is 6.54 Å². The first-order valence-corrected chi connectivity index (χ1v) is 9.27. The summed E-state index contributed by atoms with van der Waals surface area (Å²) in [5.41, 5.74) is 1.97. The fourth-order valence-electron chi connectivity index (χ4n) is 3.96. The van der Waals surface area contributed by atoms with E-state index in [-0.39, 0.29) is 29.8 Å². The molecule has 6 heteroatoms. The van der Waals surface area contributed by atoms with Crippen molar-refractivity contribution in [3.63, 3.8) is 0 Å². The van der Waals surface area contributed by atoms with E-state index in [4.69, 9.17) is 0 Å². The van der Waals surface area contributed by atoms with Crippen LogP contribution in [0.4, 0.5) is 9.18 Å². The molecule has 0 unspecified atom stereocenters. The van der Waals surface area contributed by atoms with Gasteiger partial charge in [-0.3, -0.25) is 4.79 Å². The third-order valence-corrected chi connectivity index (χ3v) is 5.46. The minimum atomic E-state index is -0.379. The first-order chi connectivity index (χ1) is 12.1. The van der Waals surface area contributed by atoms with Crippen molar-refractivity contribution in [3.8, 4) is 0 Å². The average molecular weight is 345 g/mol. The lowest BCUT2D eigenvalue weighted by molar-refractivity contribution is -0.124. The van der Waals surface area contributed by atoms with Crippen LogP contribution < -0.4 is 10.6 Å². The van der Waals surface area contributed by atoms with E-state index in [1.807, 2.05) is 6.07 Å². The van der Waals surface area contributed by atoms with Crippen LogP contribution in [0, 0.1) is 5.82 Å². The van der Waals surface area contributed by atoms with Gasteiger partial charge in [0.05, 0.1) is 6.04 Å². The lowest BCUT2D eigenvalue weighted by atomic mass is 9.87. The molecule has 2 N–H and O–H groups in total. The number of likely N-dealkylation sites (tertiary alicyclic amines) is 1. The van der Waals surface area contributed by atoms with Crippen LogP contribution in [0.5, 0.6) is 0 Å². The molecular formula is C19H24FN3O2. The van der Waals surface area contributed by atoms with Gasteiger partial charge in [-0.05, 0) is 68.2 Å². The number of halogens is 1. The van der Waals surface area contributed by atoms with Gasteiger partial charge in [0.1, 0.15) is 11.9 Å². The van der Waals surface area contributed by atoms with Gasteiger partial charge in [0.2, 0.25) is 5.91 Å². The number of carbonyl (C=O) groups is 2. The van der Waals surface area contributed by atoms with E-state index in [1.54, 1.807) is 4.90 Å². The number of amides is 3. The zero-order valence-corrected chi connectivity index (χ0v) is 14.3. The Labute approximate surface area is 147 Å². The monoisotopic (exact) mass is 345 g/mol. The number of carbonyl (C=O) groups excluding carboxylic acids is 2. The average Bonchev–Trinajstić information content (AvgIpc) is 3.26. The van der Waals surface area contributed by atoms with Crippen LogP contribution in [0.2, 0.25) is 0 Å². The third kappa shape index (κ3) is 3.48. The van der Waals surface area contributed by atoms with Crippen LogP contribution in [-0.4, -0.2) is 35.5 Å². The van der Waals surface area contributed by atoms with Crippen LogP contribution in [0.3, 0.4) is 0 Å². The molecule has 0 spiro atoms. The van der Waals surface area contributed by atoms with Crippen LogP contribution in [0.1, 0.15) is 55.7 Å². The van der Waals surface area contributed by atoms with E-state index in [0.717, 1.165) is 49.7 Å². The Morgan fingerprint density at radius 3 is 2.72 bits per heavy atom. The normalized spacial score (nSPS) is 25.4. The molecule has 1 aliphatic heterocycles. The predicted molar refractivity (Wildman–Crippen MR) is 91.5 cm³/mol. The van der Waals surface area contributed by atoms with E-state index in [9.17, 15) is 14.0 Å². The highest BCUT2D eigenvalue weighted by molar-refractivity contribution is 5.88. The van der Waals surface area contributed by atoms with Crippen molar-refractivity contribution in [1.29, 1.82) is 0 Å². The summed E-state index contributed by atoms with van der Waals surface area (Å²) in [6.07, 6.45) is 6.31. The van der Waals surface area contributed by atoms with E-state index in [0.29, 0.717) is 19.0 Å². The van der Waals surface area contributed by atoms with Crippen molar-refractivity contribution >= 4 is 11.9 Å². The van der Waals surface area contributed by atoms with Gasteiger partial charge in [-0.1, -0.05) is 6.07 Å². The molecule has 2 atom stereocenters. The molecule has 2 aliphatic carbocycles. The highest BCUT2D eigenvalue weighted by Gasteiger charge is 2.37. The molecule has 25 heavy (non-hydrogen) atoms. The molecule has 1 aromatic carbocycles. The van der Waals surface area contributed by atoms with Crippen molar-refractivity contribution in [2.45, 2.75) is 63.1 Å². The summed E-state index contributed by atoms with van der Waals surface area (Å²) in [6, 6.07) is 4.34. The molecule has 134 valence electrons. The Balaban J connectivity index is 1.45. The van der Waals surface area contributed by atoms with Gasteiger partial charge in [-0.25, -0.2) is 9.18 Å². The van der Waals surface area contributed by atoms with Crippen molar-refractivity contribution < 1.29 is 14.0 Å². The van der Waals surface area contributed by atoms with Crippen molar-refractivity contribution in [2.24, 2.45) is 0 Å². The number of aryl methyl sites for hydroxylation is 1. The first-order valence-electron chi connectivity index (χ1n) is 9.27. The number of urea groups is 1. The molecule has 0 radical (unpaired) electrons. The van der Waals surface area contributed by atoms with E-state index in [2.05, 4.69) is 10.6 Å². The number of rotatable bonds is 3. The van der Waals surface area contributed by atoms with Gasteiger partial charge >= 0.3 is 6.03 Å². The summed E-state index contributed by atoms with van der Waals surface area (Å²) >= 11 is 0. The van der Waals surface area contributed by atoms with E-state index < -0.39 is 0 Å². The largest absolute Gasteiger partial charge is 0.352 e. The highest BCUT2D eigenvalue weighted by Crippen LogP contribution is 2.31. The summed E-state index contributed by atoms with van der Waals surface area (Å²) in [5.74, 6) is -0.312. The fraction of sp³-hybridized carbons (Fsp3) is 0.579. The zero-order valence-electron chi connectivity index (χ0n) is 14.3. The molecule has 3 aliphatic rings. The van der Waals surface area contributed by atoms with Crippen molar-refractivity contribution in [3.05, 3.63) is 35.1 Å². The van der Waals surface area contributed by atoms with Gasteiger partial charge in [0.15, 0.2) is 0 Å². The van der Waals surface area contributed by atoms with Crippen LogP contribution in [0.15, 0.2) is 18.2 Å². The number of benzene rings is 1. The van der Waals surface area contributed by atoms with Gasteiger partial charge in [0.25, 0.3) is 0 Å².